The zero-order valence-electron chi connectivity index (χ0n) is 16.8. The smallest absolute Gasteiger partial charge is 0.257 e. The molecule has 9 heteroatoms. The predicted octanol–water partition coefficient (Wildman–Crippen LogP) is 2.18. The number of fused-ring (bicyclic) bond motifs is 1. The number of hydrogen-bond acceptors (Lipinski definition) is 7. The Hall–Kier alpha value is -2.00. The van der Waals surface area contributed by atoms with E-state index < -0.39 is 0 Å². The van der Waals surface area contributed by atoms with Crippen LogP contribution >= 0.6 is 11.5 Å². The van der Waals surface area contributed by atoms with Gasteiger partial charge in [0, 0.05) is 43.1 Å². The Morgan fingerprint density at radius 3 is 2.82 bits per heavy atom. The van der Waals surface area contributed by atoms with E-state index >= 15 is 0 Å². The van der Waals surface area contributed by atoms with Crippen LogP contribution in [0.5, 0.6) is 0 Å². The molecule has 1 atom stereocenters. The van der Waals surface area contributed by atoms with Crippen molar-refractivity contribution in [3.8, 4) is 0 Å². The summed E-state index contributed by atoms with van der Waals surface area (Å²) in [6, 6.07) is 0. The van der Waals surface area contributed by atoms with Crippen LogP contribution in [-0.2, 0) is 23.1 Å². The summed E-state index contributed by atoms with van der Waals surface area (Å²) in [7, 11) is 0. The highest BCUT2D eigenvalue weighted by Gasteiger charge is 2.28. The van der Waals surface area contributed by atoms with Crippen LogP contribution < -0.4 is 5.32 Å². The highest BCUT2D eigenvalue weighted by atomic mass is 32.1. The number of anilines is 1. The minimum absolute atomic E-state index is 0.0392. The van der Waals surface area contributed by atoms with Crippen molar-refractivity contribution in [2.75, 3.05) is 38.2 Å². The second-order valence-corrected chi connectivity index (χ2v) is 9.30. The fourth-order valence-electron chi connectivity index (χ4n) is 3.62. The quantitative estimate of drug-likeness (QED) is 0.841. The molecule has 2 aliphatic heterocycles. The van der Waals surface area contributed by atoms with Gasteiger partial charge in [-0.1, -0.05) is 20.8 Å². The monoisotopic (exact) mass is 404 g/mol. The van der Waals surface area contributed by atoms with Crippen LogP contribution in [0.1, 0.15) is 49.1 Å². The van der Waals surface area contributed by atoms with Crippen LogP contribution in [0.3, 0.4) is 0 Å². The molecule has 0 unspecified atom stereocenters. The van der Waals surface area contributed by atoms with Crippen LogP contribution in [-0.4, -0.2) is 62.8 Å². The largest absolute Gasteiger partial charge is 0.378 e. The normalized spacial score (nSPS) is 20.1. The Kier molecular flexibility index (Phi) is 5.37. The molecule has 1 amide bonds. The van der Waals surface area contributed by atoms with E-state index in [2.05, 4.69) is 40.5 Å². The lowest BCUT2D eigenvalue weighted by Gasteiger charge is -2.28. The summed E-state index contributed by atoms with van der Waals surface area (Å²) in [4.78, 5) is 19.4. The average Bonchev–Trinajstić information content (AvgIpc) is 3.33. The standard InChI is InChI=1S/C19H28N6O2S/c1-19(2,3)17-22-18(28-23-17)20-11-13-4-5-25-15(10-13)14(12-21-25)16(26)24-6-8-27-9-7-24/h12-13H,4-11H2,1-3H3,(H,20,22,23)/t13-/m1/s1. The van der Waals surface area contributed by atoms with Crippen LogP contribution in [0.4, 0.5) is 5.13 Å². The van der Waals surface area contributed by atoms with Crippen molar-refractivity contribution in [2.45, 2.75) is 45.6 Å². The Bertz CT molecular complexity index is 834. The van der Waals surface area contributed by atoms with Crippen LogP contribution in [0.15, 0.2) is 6.20 Å². The number of hydrogen-bond donors (Lipinski definition) is 1. The zero-order valence-corrected chi connectivity index (χ0v) is 17.6. The van der Waals surface area contributed by atoms with Crippen molar-refractivity contribution in [2.24, 2.45) is 5.92 Å². The van der Waals surface area contributed by atoms with Gasteiger partial charge < -0.3 is 15.0 Å². The third kappa shape index (κ3) is 4.05. The first-order valence-electron chi connectivity index (χ1n) is 9.91. The molecule has 2 aromatic rings. The maximum atomic E-state index is 12.9. The number of rotatable bonds is 4. The number of carbonyl (C=O) groups is 1. The summed E-state index contributed by atoms with van der Waals surface area (Å²) in [6.07, 6.45) is 3.63. The summed E-state index contributed by atoms with van der Waals surface area (Å²) >= 11 is 1.42. The Balaban J connectivity index is 1.39. The second kappa shape index (κ2) is 7.79. The number of ether oxygens (including phenoxy) is 1. The molecule has 0 radical (unpaired) electrons. The third-order valence-corrected chi connectivity index (χ3v) is 6.02. The van der Waals surface area contributed by atoms with E-state index in [-0.39, 0.29) is 11.3 Å². The van der Waals surface area contributed by atoms with Crippen molar-refractivity contribution in [1.82, 2.24) is 24.0 Å². The van der Waals surface area contributed by atoms with Gasteiger partial charge in [0.2, 0.25) is 5.13 Å². The highest BCUT2D eigenvalue weighted by molar-refractivity contribution is 7.09. The lowest BCUT2D eigenvalue weighted by Crippen LogP contribution is -2.41. The summed E-state index contributed by atoms with van der Waals surface area (Å²) in [5.41, 5.74) is 1.77. The number of aryl methyl sites for hydroxylation is 1. The number of aromatic nitrogens is 4. The minimum Gasteiger partial charge on any atom is -0.378 e. The lowest BCUT2D eigenvalue weighted by molar-refractivity contribution is 0.0301. The topological polar surface area (TPSA) is 85.2 Å². The molecule has 8 nitrogen and oxygen atoms in total. The van der Waals surface area contributed by atoms with Gasteiger partial charge >= 0.3 is 0 Å². The first-order chi connectivity index (χ1) is 13.4. The van der Waals surface area contributed by atoms with Gasteiger partial charge in [0.25, 0.3) is 5.91 Å². The molecule has 2 aliphatic rings. The van der Waals surface area contributed by atoms with E-state index in [9.17, 15) is 4.79 Å². The van der Waals surface area contributed by atoms with Crippen molar-refractivity contribution in [3.05, 3.63) is 23.3 Å². The first kappa shape index (κ1) is 19.3. The molecule has 4 rings (SSSR count). The number of carbonyl (C=O) groups excluding carboxylic acids is 1. The molecule has 0 aliphatic carbocycles. The van der Waals surface area contributed by atoms with Crippen LogP contribution in [0, 0.1) is 5.92 Å². The number of nitrogens with one attached hydrogen (secondary N) is 1. The van der Waals surface area contributed by atoms with Gasteiger partial charge in [0.05, 0.1) is 30.7 Å². The zero-order chi connectivity index (χ0) is 19.7. The average molecular weight is 405 g/mol. The summed E-state index contributed by atoms with van der Waals surface area (Å²) in [5.74, 6) is 1.40. The van der Waals surface area contributed by atoms with Gasteiger partial charge in [-0.05, 0) is 18.8 Å². The Morgan fingerprint density at radius 1 is 1.32 bits per heavy atom. The van der Waals surface area contributed by atoms with Gasteiger partial charge in [0.1, 0.15) is 5.82 Å². The molecule has 152 valence electrons. The van der Waals surface area contributed by atoms with Crippen molar-refractivity contribution in [1.29, 1.82) is 0 Å². The van der Waals surface area contributed by atoms with Gasteiger partial charge in [0.15, 0.2) is 0 Å². The lowest BCUT2D eigenvalue weighted by atomic mass is 9.94. The second-order valence-electron chi connectivity index (χ2n) is 8.55. The SMILES string of the molecule is CC(C)(C)c1nsc(NC[C@@H]2CCn3ncc(C(=O)N4CCOCC4)c3C2)n1. The molecule has 1 saturated heterocycles. The maximum absolute atomic E-state index is 12.9. The van der Waals surface area contributed by atoms with Crippen LogP contribution in [0.2, 0.25) is 0 Å². The maximum Gasteiger partial charge on any atom is 0.257 e. The summed E-state index contributed by atoms with van der Waals surface area (Å²) < 4.78 is 11.8. The van der Waals surface area contributed by atoms with Crippen molar-refractivity contribution >= 4 is 22.6 Å². The van der Waals surface area contributed by atoms with Crippen LogP contribution in [0.25, 0.3) is 0 Å². The molecule has 2 aromatic heterocycles. The predicted molar refractivity (Wildman–Crippen MR) is 108 cm³/mol. The molecule has 4 heterocycles. The van der Waals surface area contributed by atoms with Gasteiger partial charge in [-0.25, -0.2) is 4.98 Å². The van der Waals surface area contributed by atoms with Crippen molar-refractivity contribution < 1.29 is 9.53 Å². The molecule has 1 N–H and O–H groups in total. The van der Waals surface area contributed by atoms with Crippen molar-refractivity contribution in [3.63, 3.8) is 0 Å². The fourth-order valence-corrected chi connectivity index (χ4v) is 4.38. The van der Waals surface area contributed by atoms with E-state index in [0.29, 0.717) is 32.2 Å². The number of nitrogens with zero attached hydrogens (tertiary/aromatic N) is 5. The number of morpholine rings is 1. The molecule has 0 spiro atoms. The molecule has 0 saturated carbocycles. The highest BCUT2D eigenvalue weighted by Crippen LogP contribution is 2.26. The minimum atomic E-state index is -0.0392. The van der Waals surface area contributed by atoms with E-state index in [4.69, 9.17) is 4.74 Å². The Labute approximate surface area is 169 Å². The molecule has 0 aromatic carbocycles. The molecule has 0 bridgehead atoms. The van der Waals surface area contributed by atoms with Gasteiger partial charge in [-0.15, -0.1) is 0 Å². The molecule has 1 fully saturated rings. The fraction of sp³-hybridized carbons (Fsp3) is 0.684. The number of amides is 1. The molecular weight excluding hydrogens is 376 g/mol. The molecule has 28 heavy (non-hydrogen) atoms. The molecular formula is C19H28N6O2S. The van der Waals surface area contributed by atoms with Gasteiger partial charge in [-0.3, -0.25) is 9.48 Å². The van der Waals surface area contributed by atoms with E-state index in [1.54, 1.807) is 6.20 Å². The van der Waals surface area contributed by atoms with E-state index in [0.717, 1.165) is 48.1 Å². The van der Waals surface area contributed by atoms with E-state index in [1.807, 2.05) is 9.58 Å². The summed E-state index contributed by atoms with van der Waals surface area (Å²) in [5, 5.41) is 8.77. The first-order valence-corrected chi connectivity index (χ1v) is 10.7. The third-order valence-electron chi connectivity index (χ3n) is 5.35. The van der Waals surface area contributed by atoms with E-state index in [1.165, 1.54) is 11.5 Å². The van der Waals surface area contributed by atoms with Gasteiger partial charge in [-0.2, -0.15) is 9.47 Å². The summed E-state index contributed by atoms with van der Waals surface area (Å²) in [6.45, 7) is 10.6. The Morgan fingerprint density at radius 2 is 2.11 bits per heavy atom.